The van der Waals surface area contributed by atoms with Gasteiger partial charge in [-0.3, -0.25) is 4.79 Å². The van der Waals surface area contributed by atoms with Gasteiger partial charge < -0.3 is 4.57 Å². The van der Waals surface area contributed by atoms with Gasteiger partial charge in [0.05, 0.1) is 18.9 Å². The van der Waals surface area contributed by atoms with Gasteiger partial charge in [0.25, 0.3) is 5.91 Å². The highest BCUT2D eigenvalue weighted by molar-refractivity contribution is 9.11. The minimum absolute atomic E-state index is 0.193. The van der Waals surface area contributed by atoms with Crippen molar-refractivity contribution in [1.82, 2.24) is 4.57 Å². The largest absolute Gasteiger partial charge is 0.319 e. The first-order valence-electron chi connectivity index (χ1n) is 6.37. The summed E-state index contributed by atoms with van der Waals surface area (Å²) in [7, 11) is 1.95. The van der Waals surface area contributed by atoms with E-state index in [2.05, 4.69) is 46.9 Å². The number of amides is 1. The first-order valence-corrected chi connectivity index (χ1v) is 8.79. The highest BCUT2D eigenvalue weighted by Crippen LogP contribution is 2.23. The van der Waals surface area contributed by atoms with Gasteiger partial charge >= 0.3 is 0 Å². The molecule has 21 heavy (non-hydrogen) atoms. The summed E-state index contributed by atoms with van der Waals surface area (Å²) in [5.74, 6) is -0.193. The maximum Gasteiger partial charge on any atom is 0.289 e. The number of hydrogen-bond acceptors (Lipinski definition) is 3. The quantitative estimate of drug-likeness (QED) is 0.614. The zero-order valence-electron chi connectivity index (χ0n) is 11.8. The van der Waals surface area contributed by atoms with Crippen LogP contribution in [0.25, 0.3) is 10.2 Å². The fourth-order valence-electron chi connectivity index (χ4n) is 2.06. The minimum atomic E-state index is -0.193. The van der Waals surface area contributed by atoms with E-state index in [0.717, 1.165) is 18.8 Å². The van der Waals surface area contributed by atoms with Crippen LogP contribution < -0.4 is 4.80 Å². The molecule has 0 N–H and O–H groups in total. The van der Waals surface area contributed by atoms with E-state index < -0.39 is 0 Å². The molecule has 0 aliphatic carbocycles. The van der Waals surface area contributed by atoms with Crippen LogP contribution in [-0.2, 0) is 7.05 Å². The number of hydrogen-bond donors (Lipinski definition) is 0. The summed E-state index contributed by atoms with van der Waals surface area (Å²) in [6.07, 6.45) is 0. The number of nitrogens with zero attached hydrogens (tertiary/aromatic N) is 2. The van der Waals surface area contributed by atoms with Crippen LogP contribution >= 0.6 is 38.6 Å². The van der Waals surface area contributed by atoms with Crippen LogP contribution in [0.4, 0.5) is 0 Å². The van der Waals surface area contributed by atoms with Crippen molar-refractivity contribution in [3.05, 3.63) is 48.9 Å². The number of aryl methyl sites for hydroxylation is 3. The molecule has 108 valence electrons. The summed E-state index contributed by atoms with van der Waals surface area (Å²) in [4.78, 5) is 17.8. The lowest BCUT2D eigenvalue weighted by Crippen LogP contribution is -2.12. The highest BCUT2D eigenvalue weighted by atomic mass is 79.9. The zero-order valence-corrected chi connectivity index (χ0v) is 15.0. The molecule has 3 rings (SSSR count). The summed E-state index contributed by atoms with van der Waals surface area (Å²) in [5, 5.41) is 0. The van der Waals surface area contributed by atoms with Crippen molar-refractivity contribution in [3.63, 3.8) is 0 Å². The lowest BCUT2D eigenvalue weighted by atomic mass is 10.1. The van der Waals surface area contributed by atoms with Crippen LogP contribution in [0.5, 0.6) is 0 Å². The normalized spacial score (nSPS) is 12.3. The topological polar surface area (TPSA) is 34.4 Å². The van der Waals surface area contributed by atoms with E-state index in [1.54, 1.807) is 17.4 Å². The Bertz CT molecular complexity index is 918. The maximum absolute atomic E-state index is 12.2. The van der Waals surface area contributed by atoms with Gasteiger partial charge in [0.2, 0.25) is 0 Å². The van der Waals surface area contributed by atoms with Gasteiger partial charge in [-0.05, 0) is 65.2 Å². The molecule has 3 aromatic rings. The second-order valence-corrected chi connectivity index (χ2v) is 8.34. The van der Waals surface area contributed by atoms with Crippen LogP contribution in [0.2, 0.25) is 0 Å². The van der Waals surface area contributed by atoms with Crippen LogP contribution in [0.15, 0.2) is 33.0 Å². The Morgan fingerprint density at radius 1 is 1.19 bits per heavy atom. The van der Waals surface area contributed by atoms with Crippen molar-refractivity contribution in [2.45, 2.75) is 13.8 Å². The number of halogens is 1. The molecule has 0 aliphatic heterocycles. The number of benzene rings is 1. The van der Waals surface area contributed by atoms with Crippen molar-refractivity contribution in [1.29, 1.82) is 0 Å². The van der Waals surface area contributed by atoms with Crippen molar-refractivity contribution >= 4 is 54.7 Å². The average Bonchev–Trinajstić information content (AvgIpc) is 2.98. The molecule has 2 aromatic heterocycles. The third kappa shape index (κ3) is 2.75. The molecular formula is C15H13BrN2OS2. The van der Waals surface area contributed by atoms with Gasteiger partial charge in [-0.15, -0.1) is 11.3 Å². The summed E-state index contributed by atoms with van der Waals surface area (Å²) in [6.45, 7) is 4.19. The monoisotopic (exact) mass is 380 g/mol. The predicted molar refractivity (Wildman–Crippen MR) is 92.2 cm³/mol. The van der Waals surface area contributed by atoms with Crippen LogP contribution in [0, 0.1) is 13.8 Å². The standard InChI is InChI=1S/C15H13BrN2OS2/c1-8-6-10-12(7-9(8)2)21-15(18(10)3)17-14(19)11-4-5-13(16)20-11/h4-7H,1-3H3. The van der Waals surface area contributed by atoms with E-state index in [0.29, 0.717) is 4.88 Å². The molecule has 0 radical (unpaired) electrons. The molecule has 0 bridgehead atoms. The van der Waals surface area contributed by atoms with Gasteiger partial charge in [0.15, 0.2) is 4.80 Å². The van der Waals surface area contributed by atoms with Crippen molar-refractivity contribution in [2.75, 3.05) is 0 Å². The van der Waals surface area contributed by atoms with E-state index >= 15 is 0 Å². The second kappa shape index (κ2) is 5.51. The van der Waals surface area contributed by atoms with E-state index in [9.17, 15) is 4.79 Å². The predicted octanol–water partition coefficient (Wildman–Crippen LogP) is 4.42. The average molecular weight is 381 g/mol. The molecule has 3 nitrogen and oxygen atoms in total. The van der Waals surface area contributed by atoms with E-state index in [-0.39, 0.29) is 5.91 Å². The summed E-state index contributed by atoms with van der Waals surface area (Å²) in [5.41, 5.74) is 3.61. The molecule has 0 saturated carbocycles. The van der Waals surface area contributed by atoms with Gasteiger partial charge in [-0.25, -0.2) is 0 Å². The second-order valence-electron chi connectivity index (χ2n) is 4.87. The van der Waals surface area contributed by atoms with Crippen LogP contribution in [0.3, 0.4) is 0 Å². The van der Waals surface area contributed by atoms with Gasteiger partial charge in [0, 0.05) is 7.05 Å². The number of fused-ring (bicyclic) bond motifs is 1. The minimum Gasteiger partial charge on any atom is -0.319 e. The first-order chi connectivity index (χ1) is 9.95. The molecule has 2 heterocycles. The zero-order chi connectivity index (χ0) is 15.1. The first kappa shape index (κ1) is 14.7. The maximum atomic E-state index is 12.2. The molecule has 6 heteroatoms. The number of aromatic nitrogens is 1. The Hall–Kier alpha value is -1.24. The fraction of sp³-hybridized carbons (Fsp3) is 0.200. The van der Waals surface area contributed by atoms with Crippen molar-refractivity contribution < 1.29 is 4.79 Å². The molecular weight excluding hydrogens is 368 g/mol. The highest BCUT2D eigenvalue weighted by Gasteiger charge is 2.10. The van der Waals surface area contributed by atoms with Gasteiger partial charge in [-0.2, -0.15) is 4.99 Å². The lowest BCUT2D eigenvalue weighted by molar-refractivity contribution is 0.100. The Morgan fingerprint density at radius 3 is 2.57 bits per heavy atom. The van der Waals surface area contributed by atoms with Crippen molar-refractivity contribution in [2.24, 2.45) is 12.0 Å². The number of carbonyl (C=O) groups is 1. The van der Waals surface area contributed by atoms with E-state index in [1.807, 2.05) is 17.7 Å². The van der Waals surface area contributed by atoms with Crippen LogP contribution in [0.1, 0.15) is 20.8 Å². The Labute approximate surface area is 138 Å². The lowest BCUT2D eigenvalue weighted by Gasteiger charge is -2.00. The molecule has 1 aromatic carbocycles. The van der Waals surface area contributed by atoms with E-state index in [1.165, 1.54) is 22.5 Å². The van der Waals surface area contributed by atoms with Crippen molar-refractivity contribution in [3.8, 4) is 0 Å². The summed E-state index contributed by atoms with van der Waals surface area (Å²) >= 11 is 6.31. The van der Waals surface area contributed by atoms with E-state index in [4.69, 9.17) is 0 Å². The molecule has 1 amide bonds. The number of carbonyl (C=O) groups excluding carboxylic acids is 1. The Kier molecular flexibility index (Phi) is 3.86. The number of thiophene rings is 1. The summed E-state index contributed by atoms with van der Waals surface area (Å²) < 4.78 is 4.07. The molecule has 0 fully saturated rings. The Balaban J connectivity index is 2.14. The van der Waals surface area contributed by atoms with Gasteiger partial charge in [-0.1, -0.05) is 11.3 Å². The molecule has 0 saturated heterocycles. The smallest absolute Gasteiger partial charge is 0.289 e. The summed E-state index contributed by atoms with van der Waals surface area (Å²) in [6, 6.07) is 7.96. The Morgan fingerprint density at radius 2 is 1.90 bits per heavy atom. The molecule has 0 spiro atoms. The van der Waals surface area contributed by atoms with Crippen LogP contribution in [-0.4, -0.2) is 10.5 Å². The fourth-order valence-corrected chi connectivity index (χ4v) is 4.42. The molecule has 0 aliphatic rings. The van der Waals surface area contributed by atoms with Gasteiger partial charge in [0.1, 0.15) is 0 Å². The number of rotatable bonds is 1. The third-order valence-corrected chi connectivity index (χ3v) is 6.11. The molecule has 0 atom stereocenters. The SMILES string of the molecule is Cc1cc2sc(=NC(=O)c3ccc(Br)s3)n(C)c2cc1C. The number of thiazole rings is 1. The molecule has 0 unspecified atom stereocenters. The third-order valence-electron chi connectivity index (χ3n) is 3.41.